The number of nitrogens with zero attached hydrogens (tertiary/aromatic N) is 2. The molecule has 144 valence electrons. The third-order valence-corrected chi connectivity index (χ3v) is 5.48. The van der Waals surface area contributed by atoms with Crippen LogP contribution in [-0.2, 0) is 24.2 Å². The summed E-state index contributed by atoms with van der Waals surface area (Å²) in [5.41, 5.74) is 8.31. The number of nitrogens with one attached hydrogen (secondary N) is 1. The van der Waals surface area contributed by atoms with Crippen LogP contribution in [0.4, 0.5) is 0 Å². The van der Waals surface area contributed by atoms with E-state index in [1.165, 1.54) is 35.0 Å². The van der Waals surface area contributed by atoms with E-state index in [4.69, 9.17) is 0 Å². The fourth-order valence-electron chi connectivity index (χ4n) is 4.03. The van der Waals surface area contributed by atoms with Gasteiger partial charge in [-0.15, -0.1) is 0 Å². The summed E-state index contributed by atoms with van der Waals surface area (Å²) >= 11 is 0. The minimum absolute atomic E-state index is 0.0968. The lowest BCUT2D eigenvalue weighted by molar-refractivity contribution is -0.121. The SMILES string of the molecule is CC(=NNC(=O)CCn1c2c(c3ccccc31)CCCC2)c1ccc(O)cc1. The molecule has 1 amide bonds. The van der Waals surface area contributed by atoms with Gasteiger partial charge in [0.25, 0.3) is 0 Å². The average Bonchev–Trinajstić information content (AvgIpc) is 3.05. The van der Waals surface area contributed by atoms with Gasteiger partial charge in [0.1, 0.15) is 5.75 Å². The first-order valence-corrected chi connectivity index (χ1v) is 9.85. The number of phenolic OH excluding ortho intramolecular Hbond substituents is 1. The Hall–Kier alpha value is -3.08. The first kappa shape index (κ1) is 18.3. The van der Waals surface area contributed by atoms with E-state index >= 15 is 0 Å². The highest BCUT2D eigenvalue weighted by atomic mass is 16.3. The van der Waals surface area contributed by atoms with Crippen molar-refractivity contribution in [2.45, 2.75) is 45.6 Å². The highest BCUT2D eigenvalue weighted by molar-refractivity contribution is 5.99. The maximum absolute atomic E-state index is 12.4. The number of aryl methyl sites for hydroxylation is 2. The largest absolute Gasteiger partial charge is 0.508 e. The van der Waals surface area contributed by atoms with Gasteiger partial charge >= 0.3 is 0 Å². The third-order valence-electron chi connectivity index (χ3n) is 5.48. The number of rotatable bonds is 5. The number of fused-ring (bicyclic) bond motifs is 3. The number of aromatic nitrogens is 1. The van der Waals surface area contributed by atoms with Crippen molar-refractivity contribution in [1.82, 2.24) is 9.99 Å². The predicted octanol–water partition coefficient (Wildman–Crippen LogP) is 4.16. The van der Waals surface area contributed by atoms with E-state index in [0.717, 1.165) is 18.4 Å². The van der Waals surface area contributed by atoms with Gasteiger partial charge < -0.3 is 9.67 Å². The monoisotopic (exact) mass is 375 g/mol. The Morgan fingerprint density at radius 1 is 1.11 bits per heavy atom. The summed E-state index contributed by atoms with van der Waals surface area (Å²) in [5, 5.41) is 14.9. The molecule has 4 rings (SSSR count). The van der Waals surface area contributed by atoms with Crippen LogP contribution in [0.1, 0.15) is 43.0 Å². The van der Waals surface area contributed by atoms with Crippen LogP contribution in [0.25, 0.3) is 10.9 Å². The molecule has 1 heterocycles. The number of para-hydroxylation sites is 1. The summed E-state index contributed by atoms with van der Waals surface area (Å²) in [4.78, 5) is 12.4. The minimum Gasteiger partial charge on any atom is -0.508 e. The molecule has 5 nitrogen and oxygen atoms in total. The molecule has 0 unspecified atom stereocenters. The van der Waals surface area contributed by atoms with Crippen LogP contribution in [-0.4, -0.2) is 21.3 Å². The zero-order chi connectivity index (χ0) is 19.5. The second kappa shape index (κ2) is 7.89. The normalized spacial score (nSPS) is 14.1. The quantitative estimate of drug-likeness (QED) is 0.519. The number of carbonyl (C=O) groups excluding carboxylic acids is 1. The number of hydrogen-bond acceptors (Lipinski definition) is 3. The fourth-order valence-corrected chi connectivity index (χ4v) is 4.03. The van der Waals surface area contributed by atoms with Crippen LogP contribution in [0.2, 0.25) is 0 Å². The molecule has 5 heteroatoms. The molecule has 0 bridgehead atoms. The van der Waals surface area contributed by atoms with Crippen molar-refractivity contribution in [1.29, 1.82) is 0 Å². The van der Waals surface area contributed by atoms with Crippen LogP contribution in [0.5, 0.6) is 5.75 Å². The Labute approximate surface area is 164 Å². The molecule has 2 N–H and O–H groups in total. The Morgan fingerprint density at radius 2 is 1.86 bits per heavy atom. The minimum atomic E-state index is -0.0968. The van der Waals surface area contributed by atoms with Crippen LogP contribution in [0.3, 0.4) is 0 Å². The van der Waals surface area contributed by atoms with Gasteiger partial charge in [-0.05, 0) is 74.1 Å². The number of hydrazone groups is 1. The molecule has 0 radical (unpaired) electrons. The number of hydrogen-bond donors (Lipinski definition) is 2. The molecule has 3 aromatic rings. The number of phenols is 1. The zero-order valence-electron chi connectivity index (χ0n) is 16.1. The number of amides is 1. The smallest absolute Gasteiger partial charge is 0.241 e. The predicted molar refractivity (Wildman–Crippen MR) is 112 cm³/mol. The summed E-state index contributed by atoms with van der Waals surface area (Å²) in [6.07, 6.45) is 5.06. The van der Waals surface area contributed by atoms with Crippen LogP contribution < -0.4 is 5.43 Å². The Bertz CT molecular complexity index is 1030. The number of aromatic hydroxyl groups is 1. The summed E-state index contributed by atoms with van der Waals surface area (Å²) in [6.45, 7) is 2.50. The molecule has 0 spiro atoms. The molecule has 0 fully saturated rings. The van der Waals surface area contributed by atoms with Gasteiger partial charge in [0.2, 0.25) is 5.91 Å². The molecule has 28 heavy (non-hydrogen) atoms. The molecule has 0 saturated heterocycles. The summed E-state index contributed by atoms with van der Waals surface area (Å²) in [6, 6.07) is 15.3. The van der Waals surface area contributed by atoms with Crippen LogP contribution in [0.15, 0.2) is 53.6 Å². The van der Waals surface area contributed by atoms with Crippen molar-refractivity contribution < 1.29 is 9.90 Å². The van der Waals surface area contributed by atoms with E-state index in [2.05, 4.69) is 39.4 Å². The standard InChI is InChI=1S/C23H25N3O2/c1-16(17-10-12-18(27)13-11-17)24-25-23(28)14-15-26-21-8-4-2-6-19(21)20-7-3-5-9-22(20)26/h2,4,6,8,10-13,27H,3,5,7,9,14-15H2,1H3,(H,25,28). The highest BCUT2D eigenvalue weighted by Gasteiger charge is 2.19. The maximum atomic E-state index is 12.4. The van der Waals surface area contributed by atoms with E-state index in [-0.39, 0.29) is 11.7 Å². The molecule has 0 saturated carbocycles. The lowest BCUT2D eigenvalue weighted by Crippen LogP contribution is -2.21. The van der Waals surface area contributed by atoms with E-state index in [9.17, 15) is 9.90 Å². The van der Waals surface area contributed by atoms with E-state index in [1.807, 2.05) is 6.92 Å². The van der Waals surface area contributed by atoms with Crippen molar-refractivity contribution >= 4 is 22.5 Å². The Balaban J connectivity index is 1.45. The topological polar surface area (TPSA) is 66.6 Å². The van der Waals surface area contributed by atoms with E-state index in [1.54, 1.807) is 24.3 Å². The molecule has 1 aliphatic rings. The highest BCUT2D eigenvalue weighted by Crippen LogP contribution is 2.32. The van der Waals surface area contributed by atoms with E-state index < -0.39 is 0 Å². The average molecular weight is 375 g/mol. The van der Waals surface area contributed by atoms with Crippen molar-refractivity contribution in [3.63, 3.8) is 0 Å². The molecular formula is C23H25N3O2. The number of benzene rings is 2. The van der Waals surface area contributed by atoms with Crippen molar-refractivity contribution in [3.05, 3.63) is 65.4 Å². The first-order valence-electron chi connectivity index (χ1n) is 9.85. The van der Waals surface area contributed by atoms with E-state index in [0.29, 0.717) is 18.7 Å². The molecular weight excluding hydrogens is 350 g/mol. The van der Waals surface area contributed by atoms with Gasteiger partial charge in [0, 0.05) is 29.6 Å². The van der Waals surface area contributed by atoms with Gasteiger partial charge in [-0.25, -0.2) is 5.43 Å². The molecule has 0 atom stereocenters. The van der Waals surface area contributed by atoms with Gasteiger partial charge in [0.05, 0.1) is 5.71 Å². The van der Waals surface area contributed by atoms with Gasteiger partial charge in [-0.2, -0.15) is 5.10 Å². The summed E-state index contributed by atoms with van der Waals surface area (Å²) < 4.78 is 2.32. The first-order chi connectivity index (χ1) is 13.6. The number of carbonyl (C=O) groups is 1. The Morgan fingerprint density at radius 3 is 2.68 bits per heavy atom. The fraction of sp³-hybridized carbons (Fsp3) is 0.304. The lowest BCUT2D eigenvalue weighted by atomic mass is 9.95. The lowest BCUT2D eigenvalue weighted by Gasteiger charge is -2.15. The maximum Gasteiger partial charge on any atom is 0.241 e. The second-order valence-electron chi connectivity index (χ2n) is 7.33. The van der Waals surface area contributed by atoms with Gasteiger partial charge in [-0.3, -0.25) is 4.79 Å². The third kappa shape index (κ3) is 3.65. The van der Waals surface area contributed by atoms with Gasteiger partial charge in [0.15, 0.2) is 0 Å². The molecule has 1 aliphatic carbocycles. The van der Waals surface area contributed by atoms with Gasteiger partial charge in [-0.1, -0.05) is 18.2 Å². The molecule has 1 aromatic heterocycles. The van der Waals surface area contributed by atoms with Crippen molar-refractivity contribution in [3.8, 4) is 5.75 Å². The zero-order valence-corrected chi connectivity index (χ0v) is 16.1. The van der Waals surface area contributed by atoms with Crippen molar-refractivity contribution in [2.75, 3.05) is 0 Å². The van der Waals surface area contributed by atoms with Crippen LogP contribution in [0, 0.1) is 0 Å². The van der Waals surface area contributed by atoms with Crippen molar-refractivity contribution in [2.24, 2.45) is 5.10 Å². The summed E-state index contributed by atoms with van der Waals surface area (Å²) in [5.74, 6) is 0.114. The second-order valence-corrected chi connectivity index (χ2v) is 7.33. The van der Waals surface area contributed by atoms with Crippen LogP contribution >= 0.6 is 0 Å². The molecule has 0 aliphatic heterocycles. The Kier molecular flexibility index (Phi) is 5.15. The molecule has 2 aromatic carbocycles. The summed E-state index contributed by atoms with van der Waals surface area (Å²) in [7, 11) is 0.